The standard InChI is InChI=1S/C29H34O9S.Na.H/c1-27-14-22(32)26-20(21(27)10-11-29(27,35)24(34)15-30)9-8-18-12-19(31)13-25(28(18,26)2)38-39(36,37)16-23(33)17-6-4-3-5-7-17;;/h3-7,12-13,20-22,26,30,32,35H,8-11,14-16H2,1-2H3;;/t20-,21-,22-,26+,27-,28+,29-;;/m0../s1. The third-order valence-electron chi connectivity index (χ3n) is 10.0. The summed E-state index contributed by atoms with van der Waals surface area (Å²) in [5, 5.41) is 32.6. The van der Waals surface area contributed by atoms with Crippen molar-refractivity contribution in [1.29, 1.82) is 0 Å². The molecule has 4 aliphatic carbocycles. The molecule has 4 aliphatic rings. The van der Waals surface area contributed by atoms with Crippen LogP contribution in [0, 0.1) is 28.6 Å². The second kappa shape index (κ2) is 10.9. The number of allylic oxidation sites excluding steroid dienone is 3. The van der Waals surface area contributed by atoms with Crippen molar-refractivity contribution in [2.75, 3.05) is 12.4 Å². The first-order valence-corrected chi connectivity index (χ1v) is 14.9. The van der Waals surface area contributed by atoms with Gasteiger partial charge in [-0.05, 0) is 56.9 Å². The Morgan fingerprint density at radius 2 is 1.77 bits per heavy atom. The third-order valence-corrected chi connectivity index (χ3v) is 11.1. The molecular weight excluding hydrogens is 547 g/mol. The van der Waals surface area contributed by atoms with E-state index in [1.165, 1.54) is 18.2 Å². The van der Waals surface area contributed by atoms with Crippen molar-refractivity contribution in [1.82, 2.24) is 0 Å². The van der Waals surface area contributed by atoms with Crippen LogP contribution < -0.4 is 0 Å². The molecule has 11 heteroatoms. The van der Waals surface area contributed by atoms with Gasteiger partial charge in [0.05, 0.1) is 11.5 Å². The molecule has 7 atom stereocenters. The zero-order valence-corrected chi connectivity index (χ0v) is 22.8. The Morgan fingerprint density at radius 1 is 1.10 bits per heavy atom. The van der Waals surface area contributed by atoms with Gasteiger partial charge in [-0.25, -0.2) is 0 Å². The zero-order chi connectivity index (χ0) is 28.4. The number of ketones is 3. The molecule has 0 aromatic heterocycles. The van der Waals surface area contributed by atoms with Crippen LogP contribution in [0.3, 0.4) is 0 Å². The van der Waals surface area contributed by atoms with E-state index in [1.54, 1.807) is 32.0 Å². The molecule has 0 radical (unpaired) electrons. The fraction of sp³-hybridized carbons (Fsp3) is 0.552. The first kappa shape index (κ1) is 31.3. The summed E-state index contributed by atoms with van der Waals surface area (Å²) in [6, 6.07) is 7.98. The third kappa shape index (κ3) is 4.79. The molecule has 9 nitrogen and oxygen atoms in total. The molecule has 3 N–H and O–H groups in total. The van der Waals surface area contributed by atoms with Crippen LogP contribution in [0.15, 0.2) is 53.8 Å². The predicted octanol–water partition coefficient (Wildman–Crippen LogP) is 1.47. The molecule has 0 unspecified atom stereocenters. The second-order valence-electron chi connectivity index (χ2n) is 11.9. The van der Waals surface area contributed by atoms with E-state index in [4.69, 9.17) is 4.18 Å². The van der Waals surface area contributed by atoms with Gasteiger partial charge in [-0.3, -0.25) is 14.4 Å². The number of carbonyl (C=O) groups is 3. The Balaban J connectivity index is 0.00000370. The SMILES string of the molecule is C[C@@]12C(=CC(=O)C=C1OS(=O)(=O)CC(=O)c1ccccc1)CC[C@@H]1[C@@H]2[C@@H](O)C[C@@]2(C)[C@H]1CC[C@]2(O)C(=O)CO.[NaH]. The number of Topliss-reactive ketones (excluding diaryl/α,β-unsaturated/α-hetero) is 2. The van der Waals surface area contributed by atoms with E-state index in [9.17, 15) is 38.1 Å². The Labute approximate surface area is 256 Å². The molecule has 3 fully saturated rings. The number of rotatable bonds is 7. The van der Waals surface area contributed by atoms with Crippen molar-refractivity contribution in [2.24, 2.45) is 28.6 Å². The van der Waals surface area contributed by atoms with E-state index in [0.717, 1.165) is 6.08 Å². The molecule has 1 aromatic rings. The molecule has 0 aliphatic heterocycles. The zero-order valence-electron chi connectivity index (χ0n) is 22.0. The van der Waals surface area contributed by atoms with Gasteiger partial charge in [-0.2, -0.15) is 8.42 Å². The van der Waals surface area contributed by atoms with E-state index in [1.807, 2.05) is 0 Å². The van der Waals surface area contributed by atoms with Crippen LogP contribution in [0.1, 0.15) is 56.3 Å². The van der Waals surface area contributed by atoms with Crippen LogP contribution in [0.5, 0.6) is 0 Å². The Hall–Kier alpha value is -1.66. The molecule has 40 heavy (non-hydrogen) atoms. The number of carbonyl (C=O) groups excluding carboxylic acids is 3. The normalized spacial score (nSPS) is 36.7. The monoisotopic (exact) mass is 582 g/mol. The molecule has 3 saturated carbocycles. The van der Waals surface area contributed by atoms with Gasteiger partial charge in [0.1, 0.15) is 23.7 Å². The van der Waals surface area contributed by atoms with Gasteiger partial charge in [0.15, 0.2) is 17.3 Å². The Bertz CT molecular complexity index is 1390. The molecule has 0 heterocycles. The van der Waals surface area contributed by atoms with Crippen molar-refractivity contribution < 1.29 is 42.3 Å². The van der Waals surface area contributed by atoms with Gasteiger partial charge in [-0.15, -0.1) is 0 Å². The second-order valence-corrected chi connectivity index (χ2v) is 13.4. The van der Waals surface area contributed by atoms with Gasteiger partial charge in [0.25, 0.3) is 0 Å². The Morgan fingerprint density at radius 3 is 2.42 bits per heavy atom. The van der Waals surface area contributed by atoms with Crippen LogP contribution in [0.4, 0.5) is 0 Å². The first-order chi connectivity index (χ1) is 18.3. The molecule has 5 rings (SSSR count). The van der Waals surface area contributed by atoms with Crippen LogP contribution in [-0.2, 0) is 23.9 Å². The number of aliphatic hydroxyl groups excluding tert-OH is 2. The van der Waals surface area contributed by atoms with Crippen molar-refractivity contribution in [2.45, 2.75) is 57.7 Å². The summed E-state index contributed by atoms with van der Waals surface area (Å²) >= 11 is 0. The topological polar surface area (TPSA) is 155 Å². The van der Waals surface area contributed by atoms with Crippen molar-refractivity contribution in [3.05, 3.63) is 59.4 Å². The molecule has 0 amide bonds. The van der Waals surface area contributed by atoms with Crippen LogP contribution in [0.25, 0.3) is 0 Å². The molecular formula is C29H35NaO9S. The first-order valence-electron chi connectivity index (χ1n) is 13.3. The molecule has 212 valence electrons. The average Bonchev–Trinajstić information content (AvgIpc) is 3.15. The summed E-state index contributed by atoms with van der Waals surface area (Å²) in [6.07, 6.45) is 3.27. The summed E-state index contributed by atoms with van der Waals surface area (Å²) in [7, 11) is -4.45. The maximum atomic E-state index is 13.1. The minimum absolute atomic E-state index is 0. The molecule has 0 spiro atoms. The fourth-order valence-electron chi connectivity index (χ4n) is 8.14. The van der Waals surface area contributed by atoms with E-state index < -0.39 is 68.3 Å². The van der Waals surface area contributed by atoms with E-state index >= 15 is 0 Å². The predicted molar refractivity (Wildman–Crippen MR) is 147 cm³/mol. The summed E-state index contributed by atoms with van der Waals surface area (Å²) in [5.41, 5.74) is -3.03. The van der Waals surface area contributed by atoms with Gasteiger partial charge in [-0.1, -0.05) is 42.8 Å². The van der Waals surface area contributed by atoms with Crippen molar-refractivity contribution in [3.8, 4) is 0 Å². The molecule has 0 saturated heterocycles. The number of benzene rings is 1. The summed E-state index contributed by atoms with van der Waals surface area (Å²) in [4.78, 5) is 37.9. The van der Waals surface area contributed by atoms with Gasteiger partial charge in [0.2, 0.25) is 0 Å². The molecule has 1 aromatic carbocycles. The van der Waals surface area contributed by atoms with Crippen molar-refractivity contribution in [3.63, 3.8) is 0 Å². The number of hydrogen-bond acceptors (Lipinski definition) is 9. The van der Waals surface area contributed by atoms with Gasteiger partial charge >= 0.3 is 39.7 Å². The fourth-order valence-corrected chi connectivity index (χ4v) is 9.18. The number of aliphatic hydroxyl groups is 3. The summed E-state index contributed by atoms with van der Waals surface area (Å²) in [6.45, 7) is 2.74. The van der Waals surface area contributed by atoms with E-state index in [-0.39, 0.29) is 65.6 Å². The van der Waals surface area contributed by atoms with E-state index in [0.29, 0.717) is 24.8 Å². The minimum atomic E-state index is -4.45. The van der Waals surface area contributed by atoms with Gasteiger partial charge < -0.3 is 19.5 Å². The van der Waals surface area contributed by atoms with Crippen molar-refractivity contribution >= 4 is 57.0 Å². The van der Waals surface area contributed by atoms with Crippen LogP contribution in [0.2, 0.25) is 0 Å². The molecule has 0 bridgehead atoms. The summed E-state index contributed by atoms with van der Waals surface area (Å²) < 4.78 is 31.8. The maximum absolute atomic E-state index is 13.1. The number of hydrogen-bond donors (Lipinski definition) is 3. The summed E-state index contributed by atoms with van der Waals surface area (Å²) in [5.74, 6) is -3.72. The van der Waals surface area contributed by atoms with Gasteiger partial charge in [0, 0.05) is 23.0 Å². The van der Waals surface area contributed by atoms with E-state index in [2.05, 4.69) is 0 Å². The van der Waals surface area contributed by atoms with Crippen LogP contribution >= 0.6 is 0 Å². The quantitative estimate of drug-likeness (QED) is 0.246. The Kier molecular flexibility index (Phi) is 8.50. The van der Waals surface area contributed by atoms with Crippen LogP contribution in [-0.4, -0.2) is 94.7 Å². The average molecular weight is 583 g/mol. The number of fused-ring (bicyclic) bond motifs is 5.